The molecule has 5 rings (SSSR count). The number of aromatic hydroxyl groups is 1. The number of hydrogen-bond acceptors (Lipinski definition) is 8. The molecule has 1 N–H and O–H groups in total. The van der Waals surface area contributed by atoms with E-state index in [-0.39, 0.29) is 47.8 Å². The van der Waals surface area contributed by atoms with Gasteiger partial charge in [0, 0.05) is 32.3 Å². The Balaban J connectivity index is 1.48. The fourth-order valence-electron chi connectivity index (χ4n) is 4.41. The molecular formula is C25H27FN4O5S. The minimum atomic E-state index is -0.663. The van der Waals surface area contributed by atoms with E-state index < -0.39 is 11.2 Å². The summed E-state index contributed by atoms with van der Waals surface area (Å²) >= 11 is 1.22. The maximum absolute atomic E-state index is 13.2. The van der Waals surface area contributed by atoms with Crippen molar-refractivity contribution in [3.8, 4) is 16.3 Å². The highest BCUT2D eigenvalue weighted by atomic mass is 32.1. The number of pyridine rings is 1. The van der Waals surface area contributed by atoms with Gasteiger partial charge in [0.15, 0.2) is 16.5 Å². The Morgan fingerprint density at radius 3 is 2.67 bits per heavy atom. The molecule has 1 fully saturated rings. The van der Waals surface area contributed by atoms with Crippen LogP contribution in [-0.2, 0) is 15.9 Å². The number of fused-ring (bicyclic) bond motifs is 1. The van der Waals surface area contributed by atoms with Gasteiger partial charge in [-0.15, -0.1) is 10.2 Å². The maximum Gasteiger partial charge on any atom is 0.274 e. The Kier molecular flexibility index (Phi) is 6.87. The van der Waals surface area contributed by atoms with Crippen LogP contribution in [0.3, 0.4) is 0 Å². The van der Waals surface area contributed by atoms with Gasteiger partial charge >= 0.3 is 0 Å². The third kappa shape index (κ3) is 4.91. The normalized spacial score (nSPS) is 18.4. The summed E-state index contributed by atoms with van der Waals surface area (Å²) in [5.41, 5.74) is 0.342. The molecule has 0 bridgehead atoms. The van der Waals surface area contributed by atoms with Crippen LogP contribution in [0.5, 0.6) is 5.75 Å². The number of carbonyl (C=O) groups excluding carboxylic acids is 1. The molecule has 0 unspecified atom stereocenters. The third-order valence-corrected chi connectivity index (χ3v) is 7.36. The summed E-state index contributed by atoms with van der Waals surface area (Å²) in [6.07, 6.45) is 3.67. The molecule has 3 aromatic rings. The topological polar surface area (TPSA) is 107 Å². The van der Waals surface area contributed by atoms with Gasteiger partial charge in [0.2, 0.25) is 5.43 Å². The largest absolute Gasteiger partial charge is 0.503 e. The Morgan fingerprint density at radius 1 is 1.22 bits per heavy atom. The number of halogens is 1. The van der Waals surface area contributed by atoms with E-state index in [1.165, 1.54) is 23.5 Å². The van der Waals surface area contributed by atoms with E-state index in [0.717, 1.165) is 18.4 Å². The van der Waals surface area contributed by atoms with E-state index in [9.17, 15) is 19.1 Å². The van der Waals surface area contributed by atoms with Crippen molar-refractivity contribution in [2.75, 3.05) is 26.9 Å². The first-order chi connectivity index (χ1) is 17.4. The molecule has 1 aliphatic heterocycles. The Bertz CT molecular complexity index is 1320. The second-order valence-electron chi connectivity index (χ2n) is 9.22. The van der Waals surface area contributed by atoms with Crippen LogP contribution in [0.15, 0.2) is 35.3 Å². The summed E-state index contributed by atoms with van der Waals surface area (Å²) in [6, 6.07) is 5.92. The van der Waals surface area contributed by atoms with E-state index in [1.54, 1.807) is 34.9 Å². The number of nitrogens with zero attached hydrogens (tertiary/aromatic N) is 4. The van der Waals surface area contributed by atoms with Crippen LogP contribution in [0.25, 0.3) is 10.6 Å². The third-order valence-electron chi connectivity index (χ3n) is 6.40. The second kappa shape index (κ2) is 10.1. The number of ether oxygens (including phenoxy) is 2. The van der Waals surface area contributed by atoms with Gasteiger partial charge in [-0.25, -0.2) is 4.39 Å². The molecular weight excluding hydrogens is 487 g/mol. The van der Waals surface area contributed by atoms with Crippen LogP contribution in [0.1, 0.15) is 46.9 Å². The molecule has 2 aliphatic rings. The van der Waals surface area contributed by atoms with Gasteiger partial charge in [0.25, 0.3) is 5.91 Å². The number of amides is 1. The van der Waals surface area contributed by atoms with E-state index in [1.807, 2.05) is 6.92 Å². The molecule has 0 spiro atoms. The fraction of sp³-hybridized carbons (Fsp3) is 0.440. The SMILES string of the molecule is COC[C@@H](C)OC[C@H]1CN(C2CC2)C(=O)c2c(O)c(=O)c(-c3nnc(Cc4ccc(F)cc4)s3)cn21. The summed E-state index contributed by atoms with van der Waals surface area (Å²) in [5.74, 6) is -1.26. The lowest BCUT2D eigenvalue weighted by molar-refractivity contribution is -0.0124. The summed E-state index contributed by atoms with van der Waals surface area (Å²) < 4.78 is 26.0. The lowest BCUT2D eigenvalue weighted by Crippen LogP contribution is -2.47. The lowest BCUT2D eigenvalue weighted by Gasteiger charge is -2.37. The summed E-state index contributed by atoms with van der Waals surface area (Å²) in [4.78, 5) is 28.1. The molecule has 1 amide bonds. The molecule has 36 heavy (non-hydrogen) atoms. The summed E-state index contributed by atoms with van der Waals surface area (Å²) in [7, 11) is 1.60. The minimum absolute atomic E-state index is 0.0223. The maximum atomic E-state index is 13.2. The van der Waals surface area contributed by atoms with Crippen LogP contribution < -0.4 is 5.43 Å². The van der Waals surface area contributed by atoms with Crippen molar-refractivity contribution in [2.24, 2.45) is 0 Å². The fourth-order valence-corrected chi connectivity index (χ4v) is 5.29. The Hall–Kier alpha value is -3.15. The summed E-state index contributed by atoms with van der Waals surface area (Å²) in [6.45, 7) is 3.02. The zero-order valence-electron chi connectivity index (χ0n) is 20.0. The molecule has 0 saturated heterocycles. The van der Waals surface area contributed by atoms with Gasteiger partial charge < -0.3 is 24.0 Å². The predicted octanol–water partition coefficient (Wildman–Crippen LogP) is 3.01. The van der Waals surface area contributed by atoms with E-state index >= 15 is 0 Å². The second-order valence-corrected chi connectivity index (χ2v) is 10.3. The van der Waals surface area contributed by atoms with Crippen molar-refractivity contribution >= 4 is 17.2 Å². The van der Waals surface area contributed by atoms with E-state index in [0.29, 0.717) is 29.6 Å². The predicted molar refractivity (Wildman–Crippen MR) is 131 cm³/mol. The van der Waals surface area contributed by atoms with Crippen molar-refractivity contribution in [1.29, 1.82) is 0 Å². The van der Waals surface area contributed by atoms with Gasteiger partial charge in [0.05, 0.1) is 30.9 Å². The Labute approximate surface area is 211 Å². The monoisotopic (exact) mass is 514 g/mol. The Morgan fingerprint density at radius 2 is 1.97 bits per heavy atom. The number of benzene rings is 1. The van der Waals surface area contributed by atoms with Crippen molar-refractivity contribution in [3.63, 3.8) is 0 Å². The average molecular weight is 515 g/mol. The van der Waals surface area contributed by atoms with Gasteiger partial charge in [-0.05, 0) is 37.5 Å². The van der Waals surface area contributed by atoms with Crippen LogP contribution in [0.2, 0.25) is 0 Å². The van der Waals surface area contributed by atoms with Crippen molar-refractivity contribution in [1.82, 2.24) is 19.7 Å². The zero-order chi connectivity index (χ0) is 25.4. The number of rotatable bonds is 9. The molecule has 1 aromatic carbocycles. The van der Waals surface area contributed by atoms with Crippen molar-refractivity contribution in [3.05, 3.63) is 62.8 Å². The van der Waals surface area contributed by atoms with Gasteiger partial charge in [-0.3, -0.25) is 9.59 Å². The molecule has 0 radical (unpaired) electrons. The van der Waals surface area contributed by atoms with Crippen LogP contribution >= 0.6 is 11.3 Å². The number of methoxy groups -OCH3 is 1. The zero-order valence-corrected chi connectivity index (χ0v) is 20.8. The molecule has 190 valence electrons. The highest BCUT2D eigenvalue weighted by Crippen LogP contribution is 2.36. The van der Waals surface area contributed by atoms with Crippen molar-refractivity contribution < 1.29 is 23.8 Å². The first-order valence-electron chi connectivity index (χ1n) is 11.8. The van der Waals surface area contributed by atoms with Gasteiger partial charge in [0.1, 0.15) is 10.8 Å². The summed E-state index contributed by atoms with van der Waals surface area (Å²) in [5, 5.41) is 20.2. The number of hydrogen-bond donors (Lipinski definition) is 1. The lowest BCUT2D eigenvalue weighted by atomic mass is 10.1. The standard InChI is InChI=1S/C25H27FN4O5S/c1-14(12-34-2)35-13-18-10-30(17-7-8-17)25(33)21-23(32)22(31)19(11-29(18)21)24-28-27-20(36-24)9-15-3-5-16(26)6-4-15/h3-6,11,14,17-18,32H,7-10,12-13H2,1-2H3/t14-,18-/m1/s1. The quantitative estimate of drug-likeness (QED) is 0.468. The molecule has 1 saturated carbocycles. The van der Waals surface area contributed by atoms with Crippen LogP contribution in [0, 0.1) is 5.82 Å². The highest BCUT2D eigenvalue weighted by molar-refractivity contribution is 7.14. The highest BCUT2D eigenvalue weighted by Gasteiger charge is 2.42. The molecule has 1 aliphatic carbocycles. The van der Waals surface area contributed by atoms with Crippen LogP contribution in [0.4, 0.5) is 4.39 Å². The van der Waals surface area contributed by atoms with Gasteiger partial charge in [-0.1, -0.05) is 23.5 Å². The van der Waals surface area contributed by atoms with Crippen molar-refractivity contribution in [2.45, 2.75) is 44.4 Å². The molecule has 9 nitrogen and oxygen atoms in total. The molecule has 2 aromatic heterocycles. The number of aromatic nitrogens is 3. The van der Waals surface area contributed by atoms with Crippen LogP contribution in [-0.4, -0.2) is 69.7 Å². The smallest absolute Gasteiger partial charge is 0.274 e. The first kappa shape index (κ1) is 24.5. The number of carbonyl (C=O) groups is 1. The van der Waals surface area contributed by atoms with Gasteiger partial charge in [-0.2, -0.15) is 0 Å². The van der Waals surface area contributed by atoms with E-state index in [4.69, 9.17) is 9.47 Å². The average Bonchev–Trinajstić information content (AvgIpc) is 3.60. The minimum Gasteiger partial charge on any atom is -0.503 e. The van der Waals surface area contributed by atoms with E-state index in [2.05, 4.69) is 10.2 Å². The molecule has 2 atom stereocenters. The first-order valence-corrected chi connectivity index (χ1v) is 12.6. The molecule has 3 heterocycles. The molecule has 11 heteroatoms.